The first kappa shape index (κ1) is 20.8. The van der Waals surface area contributed by atoms with Gasteiger partial charge in [-0.2, -0.15) is 5.10 Å². The van der Waals surface area contributed by atoms with Crippen molar-refractivity contribution in [2.24, 2.45) is 0 Å². The molecule has 0 aliphatic carbocycles. The Hall–Kier alpha value is -3.51. The second-order valence-electron chi connectivity index (χ2n) is 7.67. The molecule has 0 bridgehead atoms. The zero-order valence-corrected chi connectivity index (χ0v) is 18.6. The van der Waals surface area contributed by atoms with Gasteiger partial charge in [-0.15, -0.1) is 0 Å². The van der Waals surface area contributed by atoms with Crippen molar-refractivity contribution in [1.29, 1.82) is 0 Å². The van der Waals surface area contributed by atoms with E-state index in [1.165, 1.54) is 0 Å². The van der Waals surface area contributed by atoms with Crippen molar-refractivity contribution in [1.82, 2.24) is 14.3 Å². The summed E-state index contributed by atoms with van der Waals surface area (Å²) < 4.78 is 4.02. The molecule has 1 aromatic heterocycles. The summed E-state index contributed by atoms with van der Waals surface area (Å²) in [5, 5.41) is 7.66. The van der Waals surface area contributed by atoms with Gasteiger partial charge in [-0.25, -0.2) is 4.68 Å². The predicted molar refractivity (Wildman–Crippen MR) is 127 cm³/mol. The summed E-state index contributed by atoms with van der Waals surface area (Å²) in [5.74, 6) is 0.535. The number of aryl methyl sites for hydroxylation is 3. The third kappa shape index (κ3) is 4.49. The van der Waals surface area contributed by atoms with E-state index in [0.29, 0.717) is 10.6 Å². The van der Waals surface area contributed by atoms with Crippen molar-refractivity contribution in [3.63, 3.8) is 0 Å². The van der Waals surface area contributed by atoms with Crippen LogP contribution in [0.1, 0.15) is 16.7 Å². The van der Waals surface area contributed by atoms with E-state index >= 15 is 0 Å². The Balaban J connectivity index is 1.75. The van der Waals surface area contributed by atoms with Crippen LogP contribution in [-0.4, -0.2) is 20.3 Å². The number of anilines is 1. The first-order valence-corrected chi connectivity index (χ1v) is 10.5. The molecule has 1 amide bonds. The molecule has 156 valence electrons. The highest BCUT2D eigenvalue weighted by molar-refractivity contribution is 7.71. The monoisotopic (exact) mass is 428 g/mol. The fraction of sp³-hybridized carbons (Fsp3) is 0.160. The molecule has 4 aromatic rings. The van der Waals surface area contributed by atoms with Gasteiger partial charge >= 0.3 is 0 Å². The van der Waals surface area contributed by atoms with Crippen LogP contribution in [0.25, 0.3) is 17.1 Å². The molecular weight excluding hydrogens is 404 g/mol. The molecule has 1 N–H and O–H groups in total. The molecule has 6 heteroatoms. The van der Waals surface area contributed by atoms with Crippen LogP contribution in [0.5, 0.6) is 0 Å². The maximum absolute atomic E-state index is 12.7. The number of benzene rings is 3. The summed E-state index contributed by atoms with van der Waals surface area (Å²) in [5.41, 5.74) is 6.01. The molecule has 5 nitrogen and oxygen atoms in total. The van der Waals surface area contributed by atoms with Gasteiger partial charge in [-0.05, 0) is 62.3 Å². The molecule has 31 heavy (non-hydrogen) atoms. The molecule has 0 fully saturated rings. The van der Waals surface area contributed by atoms with Crippen LogP contribution in [0.2, 0.25) is 0 Å². The first-order valence-electron chi connectivity index (χ1n) is 10.1. The smallest absolute Gasteiger partial charge is 0.246 e. The van der Waals surface area contributed by atoms with E-state index in [0.717, 1.165) is 33.6 Å². The minimum absolute atomic E-state index is 0.0321. The Labute approximate surface area is 187 Å². The minimum atomic E-state index is -0.176. The van der Waals surface area contributed by atoms with Crippen molar-refractivity contribution >= 4 is 23.8 Å². The molecule has 0 atom stereocenters. The van der Waals surface area contributed by atoms with Gasteiger partial charge < -0.3 is 5.32 Å². The lowest BCUT2D eigenvalue weighted by Crippen LogP contribution is -2.19. The SMILES string of the molecule is Cc1ccc(NC(=O)Cn2nc(-c3ccccc3)n(-c3cc(C)ccc3C)c2=S)cc1. The normalized spacial score (nSPS) is 10.8. The minimum Gasteiger partial charge on any atom is -0.324 e. The van der Waals surface area contributed by atoms with Gasteiger partial charge in [-0.3, -0.25) is 9.36 Å². The number of carbonyl (C=O) groups is 1. The molecule has 4 rings (SSSR count). The molecule has 0 radical (unpaired) electrons. The Morgan fingerprint density at radius 1 is 0.935 bits per heavy atom. The highest BCUT2D eigenvalue weighted by atomic mass is 32.1. The van der Waals surface area contributed by atoms with Gasteiger partial charge in [0, 0.05) is 11.3 Å². The summed E-state index contributed by atoms with van der Waals surface area (Å²) in [7, 11) is 0. The van der Waals surface area contributed by atoms with Crippen LogP contribution < -0.4 is 5.32 Å². The topological polar surface area (TPSA) is 51.9 Å². The molecular formula is C25H24N4OS. The average Bonchev–Trinajstić information content (AvgIpc) is 3.08. The Bertz CT molecular complexity index is 1290. The van der Waals surface area contributed by atoms with E-state index in [9.17, 15) is 4.79 Å². The number of hydrogen-bond donors (Lipinski definition) is 1. The van der Waals surface area contributed by atoms with Crippen molar-refractivity contribution in [2.45, 2.75) is 27.3 Å². The van der Waals surface area contributed by atoms with E-state index in [1.54, 1.807) is 4.68 Å². The van der Waals surface area contributed by atoms with Crippen LogP contribution in [0.4, 0.5) is 5.69 Å². The van der Waals surface area contributed by atoms with Gasteiger partial charge in [0.2, 0.25) is 10.7 Å². The van der Waals surface area contributed by atoms with Crippen LogP contribution in [0, 0.1) is 25.5 Å². The number of rotatable bonds is 5. The molecule has 0 aliphatic heterocycles. The van der Waals surface area contributed by atoms with Gasteiger partial charge in [0.15, 0.2) is 5.82 Å². The number of amides is 1. The maximum atomic E-state index is 12.7. The van der Waals surface area contributed by atoms with E-state index in [4.69, 9.17) is 17.3 Å². The van der Waals surface area contributed by atoms with Crippen molar-refractivity contribution in [3.8, 4) is 17.1 Å². The standard InChI is InChI=1S/C25H24N4OS/c1-17-10-13-21(14-11-17)26-23(30)16-28-25(31)29(22-15-18(2)9-12-19(22)3)24(27-28)20-7-5-4-6-8-20/h4-15H,16H2,1-3H3,(H,26,30). The van der Waals surface area contributed by atoms with Crippen molar-refractivity contribution < 1.29 is 4.79 Å². The molecule has 0 saturated heterocycles. The largest absolute Gasteiger partial charge is 0.324 e. The van der Waals surface area contributed by atoms with Gasteiger partial charge in [0.25, 0.3) is 0 Å². The highest BCUT2D eigenvalue weighted by Crippen LogP contribution is 2.25. The third-order valence-electron chi connectivity index (χ3n) is 5.11. The second kappa shape index (κ2) is 8.70. The quantitative estimate of drug-likeness (QED) is 0.419. The maximum Gasteiger partial charge on any atom is 0.246 e. The third-order valence-corrected chi connectivity index (χ3v) is 5.50. The van der Waals surface area contributed by atoms with Crippen LogP contribution >= 0.6 is 12.2 Å². The van der Waals surface area contributed by atoms with E-state index in [1.807, 2.05) is 79.9 Å². The Morgan fingerprint density at radius 2 is 1.61 bits per heavy atom. The van der Waals surface area contributed by atoms with Crippen molar-refractivity contribution in [2.75, 3.05) is 5.32 Å². The van der Waals surface area contributed by atoms with Gasteiger partial charge in [0.1, 0.15) is 6.54 Å². The summed E-state index contributed by atoms with van der Waals surface area (Å²) in [4.78, 5) is 12.7. The zero-order chi connectivity index (χ0) is 22.0. The molecule has 3 aromatic carbocycles. The fourth-order valence-corrected chi connectivity index (χ4v) is 3.73. The number of hydrogen-bond acceptors (Lipinski definition) is 3. The first-order chi connectivity index (χ1) is 14.9. The Kier molecular flexibility index (Phi) is 5.82. The highest BCUT2D eigenvalue weighted by Gasteiger charge is 2.17. The summed E-state index contributed by atoms with van der Waals surface area (Å²) in [6.45, 7) is 6.14. The van der Waals surface area contributed by atoms with Gasteiger partial charge in [-0.1, -0.05) is 60.2 Å². The number of nitrogens with zero attached hydrogens (tertiary/aromatic N) is 3. The lowest BCUT2D eigenvalue weighted by Gasteiger charge is -2.11. The number of aromatic nitrogens is 3. The van der Waals surface area contributed by atoms with E-state index in [-0.39, 0.29) is 12.5 Å². The molecule has 0 spiro atoms. The van der Waals surface area contributed by atoms with Crippen LogP contribution in [-0.2, 0) is 11.3 Å². The summed E-state index contributed by atoms with van der Waals surface area (Å²) in [6, 6.07) is 23.8. The molecule has 1 heterocycles. The fourth-order valence-electron chi connectivity index (χ4n) is 3.44. The molecule has 0 unspecified atom stereocenters. The average molecular weight is 429 g/mol. The van der Waals surface area contributed by atoms with E-state index in [2.05, 4.69) is 23.5 Å². The second-order valence-corrected chi connectivity index (χ2v) is 8.03. The predicted octanol–water partition coefficient (Wildman–Crippen LogP) is 5.63. The van der Waals surface area contributed by atoms with Gasteiger partial charge in [0.05, 0.1) is 5.69 Å². The number of nitrogens with one attached hydrogen (secondary N) is 1. The van der Waals surface area contributed by atoms with Crippen LogP contribution in [0.15, 0.2) is 72.8 Å². The lowest BCUT2D eigenvalue weighted by molar-refractivity contribution is -0.116. The van der Waals surface area contributed by atoms with Crippen LogP contribution in [0.3, 0.4) is 0 Å². The zero-order valence-electron chi connectivity index (χ0n) is 17.8. The van der Waals surface area contributed by atoms with Crippen molar-refractivity contribution in [3.05, 3.63) is 94.3 Å². The van der Waals surface area contributed by atoms with E-state index < -0.39 is 0 Å². The summed E-state index contributed by atoms with van der Waals surface area (Å²) >= 11 is 5.78. The Morgan fingerprint density at radius 3 is 2.32 bits per heavy atom. The molecule has 0 aliphatic rings. The lowest BCUT2D eigenvalue weighted by atomic mass is 10.1. The molecule has 0 saturated carbocycles. The number of carbonyl (C=O) groups excluding carboxylic acids is 1. The summed E-state index contributed by atoms with van der Waals surface area (Å²) in [6.07, 6.45) is 0.